The largest absolute Gasteiger partial charge is 0.365 e. The summed E-state index contributed by atoms with van der Waals surface area (Å²) in [6, 6.07) is 6.02. The van der Waals surface area contributed by atoms with Crippen LogP contribution in [-0.4, -0.2) is 38.5 Å². The molecule has 0 saturated carbocycles. The Kier molecular flexibility index (Phi) is 3.37. The van der Waals surface area contributed by atoms with Gasteiger partial charge in [-0.1, -0.05) is 0 Å². The Hall–Kier alpha value is -2.98. The number of hydrogen-bond donors (Lipinski definition) is 2. The van der Waals surface area contributed by atoms with Gasteiger partial charge in [0.1, 0.15) is 17.2 Å². The smallest absolute Gasteiger partial charge is 0.145 e. The Balaban J connectivity index is 1.69. The summed E-state index contributed by atoms with van der Waals surface area (Å²) in [5, 5.41) is 15.7. The van der Waals surface area contributed by atoms with Crippen molar-refractivity contribution < 1.29 is 0 Å². The Morgan fingerprint density at radius 1 is 1.35 bits per heavy atom. The second-order valence-electron chi connectivity index (χ2n) is 5.52. The van der Waals surface area contributed by atoms with Crippen molar-refractivity contribution in [1.29, 1.82) is 5.26 Å². The maximum Gasteiger partial charge on any atom is 0.145 e. The van der Waals surface area contributed by atoms with Crippen LogP contribution in [-0.2, 0) is 0 Å². The Bertz CT molecular complexity index is 887. The van der Waals surface area contributed by atoms with Crippen molar-refractivity contribution in [2.24, 2.45) is 0 Å². The third kappa shape index (κ3) is 2.60. The van der Waals surface area contributed by atoms with Gasteiger partial charge in [0, 0.05) is 18.8 Å². The molecule has 4 heterocycles. The number of aromatic nitrogens is 4. The Labute approximate surface area is 133 Å². The first kappa shape index (κ1) is 13.7. The highest BCUT2D eigenvalue weighted by molar-refractivity contribution is 5.62. The van der Waals surface area contributed by atoms with E-state index >= 15 is 0 Å². The summed E-state index contributed by atoms with van der Waals surface area (Å²) in [6.07, 6.45) is 8.12. The molecule has 4 rings (SSSR count). The van der Waals surface area contributed by atoms with Crippen molar-refractivity contribution in [3.8, 4) is 17.5 Å². The molecule has 0 amide bonds. The predicted octanol–water partition coefficient (Wildman–Crippen LogP) is 1.44. The fourth-order valence-electron chi connectivity index (χ4n) is 2.79. The molecule has 1 fully saturated rings. The van der Waals surface area contributed by atoms with Crippen LogP contribution in [0.25, 0.3) is 17.0 Å². The molecule has 3 aromatic rings. The van der Waals surface area contributed by atoms with E-state index in [0.29, 0.717) is 11.6 Å². The first-order chi connectivity index (χ1) is 11.3. The van der Waals surface area contributed by atoms with Gasteiger partial charge in [0.25, 0.3) is 0 Å². The number of imidazole rings is 1. The lowest BCUT2D eigenvalue weighted by molar-refractivity contribution is 0.786. The lowest BCUT2D eigenvalue weighted by atomic mass is 10.2. The zero-order chi connectivity index (χ0) is 15.6. The van der Waals surface area contributed by atoms with Gasteiger partial charge in [-0.05, 0) is 25.1 Å². The Morgan fingerprint density at radius 3 is 3.13 bits per heavy atom. The maximum atomic E-state index is 8.97. The first-order valence-corrected chi connectivity index (χ1v) is 7.50. The van der Waals surface area contributed by atoms with E-state index in [1.165, 1.54) is 0 Å². The molecule has 0 bridgehead atoms. The molecular formula is C16H15N7. The van der Waals surface area contributed by atoms with Crippen LogP contribution in [0.3, 0.4) is 0 Å². The highest BCUT2D eigenvalue weighted by Gasteiger charge is 2.15. The molecule has 3 aromatic heterocycles. The highest BCUT2D eigenvalue weighted by atomic mass is 15.1. The van der Waals surface area contributed by atoms with Crippen molar-refractivity contribution >= 4 is 11.5 Å². The van der Waals surface area contributed by atoms with Gasteiger partial charge in [0.15, 0.2) is 0 Å². The predicted molar refractivity (Wildman–Crippen MR) is 85.8 cm³/mol. The quantitative estimate of drug-likeness (QED) is 0.761. The molecule has 0 spiro atoms. The summed E-state index contributed by atoms with van der Waals surface area (Å²) in [6.45, 7) is 1.97. The normalized spacial score (nSPS) is 17.3. The molecule has 1 saturated heterocycles. The number of pyridine rings is 1. The molecule has 1 unspecified atom stereocenters. The number of nitriles is 1. The molecule has 1 aliphatic rings. The minimum Gasteiger partial charge on any atom is -0.365 e. The van der Waals surface area contributed by atoms with Crippen LogP contribution in [0.15, 0.2) is 36.9 Å². The average Bonchev–Trinajstić information content (AvgIpc) is 3.23. The number of anilines is 1. The molecule has 0 radical (unpaired) electrons. The zero-order valence-electron chi connectivity index (χ0n) is 12.4. The number of nitrogens with zero attached hydrogens (tertiary/aromatic N) is 5. The highest BCUT2D eigenvalue weighted by Crippen LogP contribution is 2.20. The maximum absolute atomic E-state index is 8.97. The van der Waals surface area contributed by atoms with Gasteiger partial charge in [-0.3, -0.25) is 9.38 Å². The zero-order valence-corrected chi connectivity index (χ0v) is 12.4. The number of hydrogen-bond acceptors (Lipinski definition) is 6. The van der Waals surface area contributed by atoms with Crippen molar-refractivity contribution in [2.45, 2.75) is 12.5 Å². The van der Waals surface area contributed by atoms with E-state index < -0.39 is 0 Å². The van der Waals surface area contributed by atoms with Crippen LogP contribution in [0, 0.1) is 11.3 Å². The molecule has 0 aliphatic carbocycles. The fourth-order valence-corrected chi connectivity index (χ4v) is 2.79. The minimum atomic E-state index is 0.389. The van der Waals surface area contributed by atoms with E-state index in [9.17, 15) is 0 Å². The molecule has 1 aliphatic heterocycles. The molecule has 7 heteroatoms. The summed E-state index contributed by atoms with van der Waals surface area (Å²) < 4.78 is 1.91. The molecule has 0 aromatic carbocycles. The van der Waals surface area contributed by atoms with Gasteiger partial charge >= 0.3 is 0 Å². The van der Waals surface area contributed by atoms with E-state index in [-0.39, 0.29) is 0 Å². The number of rotatable bonds is 3. The number of fused-ring (bicyclic) bond motifs is 1. The van der Waals surface area contributed by atoms with Crippen LogP contribution < -0.4 is 10.6 Å². The molecule has 23 heavy (non-hydrogen) atoms. The van der Waals surface area contributed by atoms with E-state index in [0.717, 1.165) is 42.4 Å². The van der Waals surface area contributed by atoms with E-state index in [1.54, 1.807) is 30.7 Å². The second-order valence-corrected chi connectivity index (χ2v) is 5.52. The van der Waals surface area contributed by atoms with E-state index in [4.69, 9.17) is 5.26 Å². The first-order valence-electron chi connectivity index (χ1n) is 7.50. The molecule has 7 nitrogen and oxygen atoms in total. The number of nitrogens with one attached hydrogen (secondary N) is 2. The monoisotopic (exact) mass is 305 g/mol. The van der Waals surface area contributed by atoms with Gasteiger partial charge in [0.2, 0.25) is 0 Å². The molecular weight excluding hydrogens is 290 g/mol. The van der Waals surface area contributed by atoms with Crippen LogP contribution in [0.1, 0.15) is 12.0 Å². The van der Waals surface area contributed by atoms with Crippen LogP contribution in [0.4, 0.5) is 5.82 Å². The summed E-state index contributed by atoms with van der Waals surface area (Å²) in [5.41, 5.74) is 2.91. The lowest BCUT2D eigenvalue weighted by Gasteiger charge is -2.12. The van der Waals surface area contributed by atoms with E-state index in [2.05, 4.69) is 31.7 Å². The standard InChI is InChI=1S/C16H15N7/c17-6-11-2-4-23-14(9-20-16(23)5-11)13-8-19-10-15(22-13)21-12-1-3-18-7-12/h2,4-5,8-10,12,18H,1,3,7H2,(H,21,22). The summed E-state index contributed by atoms with van der Waals surface area (Å²) >= 11 is 0. The van der Waals surface area contributed by atoms with Crippen molar-refractivity contribution in [3.05, 3.63) is 42.5 Å². The Morgan fingerprint density at radius 2 is 2.30 bits per heavy atom. The third-order valence-electron chi connectivity index (χ3n) is 3.95. The second kappa shape index (κ2) is 5.66. The van der Waals surface area contributed by atoms with Gasteiger partial charge in [-0.15, -0.1) is 0 Å². The summed E-state index contributed by atoms with van der Waals surface area (Å²) in [5.74, 6) is 0.764. The van der Waals surface area contributed by atoms with Crippen LogP contribution in [0.2, 0.25) is 0 Å². The van der Waals surface area contributed by atoms with Crippen LogP contribution >= 0.6 is 0 Å². The fraction of sp³-hybridized carbons (Fsp3) is 0.250. The summed E-state index contributed by atoms with van der Waals surface area (Å²) in [4.78, 5) is 13.3. The van der Waals surface area contributed by atoms with Gasteiger partial charge in [-0.2, -0.15) is 5.26 Å². The van der Waals surface area contributed by atoms with Crippen LogP contribution in [0.5, 0.6) is 0 Å². The molecule has 2 N–H and O–H groups in total. The molecule has 114 valence electrons. The molecule has 1 atom stereocenters. The SMILES string of the molecule is N#Cc1ccn2c(-c3cncc(NC4CCNC4)n3)cnc2c1. The van der Waals surface area contributed by atoms with Gasteiger partial charge < -0.3 is 10.6 Å². The minimum absolute atomic E-state index is 0.389. The van der Waals surface area contributed by atoms with E-state index in [1.807, 2.05) is 10.6 Å². The van der Waals surface area contributed by atoms with Gasteiger partial charge in [-0.25, -0.2) is 9.97 Å². The average molecular weight is 305 g/mol. The third-order valence-corrected chi connectivity index (χ3v) is 3.95. The topological polar surface area (TPSA) is 90.9 Å². The van der Waals surface area contributed by atoms with Gasteiger partial charge in [0.05, 0.1) is 35.9 Å². The summed E-state index contributed by atoms with van der Waals surface area (Å²) in [7, 11) is 0. The van der Waals surface area contributed by atoms with Crippen molar-refractivity contribution in [3.63, 3.8) is 0 Å². The lowest BCUT2D eigenvalue weighted by Crippen LogP contribution is -2.22. The van der Waals surface area contributed by atoms with Crippen molar-refractivity contribution in [1.82, 2.24) is 24.7 Å². The van der Waals surface area contributed by atoms with Crippen molar-refractivity contribution in [2.75, 3.05) is 18.4 Å².